The number of rotatable bonds is 11. The van der Waals surface area contributed by atoms with Crippen molar-refractivity contribution in [2.24, 2.45) is 0 Å². The van der Waals surface area contributed by atoms with Crippen LogP contribution in [0.4, 0.5) is 5.82 Å². The van der Waals surface area contributed by atoms with Crippen LogP contribution in [0.3, 0.4) is 0 Å². The summed E-state index contributed by atoms with van der Waals surface area (Å²) in [6.45, 7) is 3.45. The standard InChI is InChI=1S/C33H31ClN5O6/c1-42-29-7-6-22-14-28-25-16-31-30(44-21-45-31)15-23(25)8-9-37(28)19-26(22)33(29)43-13-12-36(18-24-4-2-3-5-27(24)34)10-11-38-20-35-17-32(38)39(40)41/h2-7,14-17,19-20H,8-13,18,21H2,1H3/q+1. The number of nitrogens with zero attached hydrogens (tertiary/aromatic N) is 5. The fourth-order valence-electron chi connectivity index (χ4n) is 6.01. The quantitative estimate of drug-likeness (QED) is 0.108. The lowest BCUT2D eigenvalue weighted by molar-refractivity contribution is -0.686. The second-order valence-electron chi connectivity index (χ2n) is 11.0. The number of benzene rings is 3. The fraction of sp³-hybridized carbons (Fsp3) is 0.273. The van der Waals surface area contributed by atoms with Crippen molar-refractivity contribution in [3.63, 3.8) is 0 Å². The van der Waals surface area contributed by atoms with Gasteiger partial charge in [-0.3, -0.25) is 4.90 Å². The van der Waals surface area contributed by atoms with E-state index in [2.05, 4.69) is 38.8 Å². The van der Waals surface area contributed by atoms with Crippen LogP contribution in [0.2, 0.25) is 5.02 Å². The summed E-state index contributed by atoms with van der Waals surface area (Å²) in [4.78, 5) is 17.1. The Morgan fingerprint density at radius 1 is 1.13 bits per heavy atom. The Hall–Kier alpha value is -4.87. The number of pyridine rings is 1. The van der Waals surface area contributed by atoms with Gasteiger partial charge < -0.3 is 29.1 Å². The molecule has 0 aliphatic carbocycles. The molecule has 0 unspecified atom stereocenters. The number of halogens is 1. The molecule has 12 heteroatoms. The predicted molar refractivity (Wildman–Crippen MR) is 167 cm³/mol. The molecule has 0 N–H and O–H groups in total. The summed E-state index contributed by atoms with van der Waals surface area (Å²) < 4.78 is 27.3. The summed E-state index contributed by atoms with van der Waals surface area (Å²) in [5.41, 5.74) is 4.45. The molecule has 0 saturated carbocycles. The van der Waals surface area contributed by atoms with Crippen LogP contribution in [0.1, 0.15) is 11.1 Å². The first-order valence-corrected chi connectivity index (χ1v) is 15.1. The first kappa shape index (κ1) is 28.9. The number of fused-ring (bicyclic) bond motifs is 5. The third-order valence-corrected chi connectivity index (χ3v) is 8.71. The van der Waals surface area contributed by atoms with Gasteiger partial charge >= 0.3 is 5.82 Å². The number of hydrogen-bond donors (Lipinski definition) is 0. The first-order valence-electron chi connectivity index (χ1n) is 14.7. The lowest BCUT2D eigenvalue weighted by atomic mass is 9.95. The van der Waals surface area contributed by atoms with E-state index in [1.54, 1.807) is 11.7 Å². The predicted octanol–water partition coefficient (Wildman–Crippen LogP) is 5.43. The van der Waals surface area contributed by atoms with Crippen LogP contribution in [0.5, 0.6) is 23.0 Å². The van der Waals surface area contributed by atoms with Gasteiger partial charge in [-0.2, -0.15) is 4.57 Å². The molecule has 2 aromatic heterocycles. The molecule has 0 atom stereocenters. The molecule has 230 valence electrons. The van der Waals surface area contributed by atoms with Crippen LogP contribution in [0.15, 0.2) is 73.3 Å². The molecule has 2 aliphatic rings. The topological polar surface area (TPSA) is 105 Å². The Balaban J connectivity index is 1.14. The van der Waals surface area contributed by atoms with Crippen molar-refractivity contribution in [1.82, 2.24) is 14.5 Å². The molecule has 4 heterocycles. The van der Waals surface area contributed by atoms with Crippen molar-refractivity contribution in [1.29, 1.82) is 0 Å². The molecule has 11 nitrogen and oxygen atoms in total. The number of nitro groups is 1. The molecule has 5 aromatic rings. The molecule has 3 aromatic carbocycles. The van der Waals surface area contributed by atoms with Crippen molar-refractivity contribution >= 4 is 28.2 Å². The minimum absolute atomic E-state index is 0.0434. The average Bonchev–Trinajstić information content (AvgIpc) is 3.72. The van der Waals surface area contributed by atoms with Crippen LogP contribution < -0.4 is 23.5 Å². The van der Waals surface area contributed by atoms with Gasteiger partial charge in [0.1, 0.15) is 19.3 Å². The van der Waals surface area contributed by atoms with Gasteiger partial charge in [-0.05, 0) is 51.8 Å². The van der Waals surface area contributed by atoms with Gasteiger partial charge in [-0.15, -0.1) is 0 Å². The van der Waals surface area contributed by atoms with E-state index < -0.39 is 4.92 Å². The van der Waals surface area contributed by atoms with E-state index in [1.807, 2.05) is 36.4 Å². The van der Waals surface area contributed by atoms with Gasteiger partial charge in [0.25, 0.3) is 0 Å². The summed E-state index contributed by atoms with van der Waals surface area (Å²) in [6, 6.07) is 18.0. The molecule has 0 bridgehead atoms. The highest BCUT2D eigenvalue weighted by atomic mass is 35.5. The number of methoxy groups -OCH3 is 1. The number of aryl methyl sites for hydroxylation is 2. The van der Waals surface area contributed by atoms with Crippen LogP contribution in [-0.2, 0) is 26.1 Å². The van der Waals surface area contributed by atoms with Crippen LogP contribution in [-0.4, -0.2) is 53.0 Å². The summed E-state index contributed by atoms with van der Waals surface area (Å²) in [6.07, 6.45) is 5.75. The summed E-state index contributed by atoms with van der Waals surface area (Å²) >= 11 is 6.49. The Morgan fingerprint density at radius 3 is 2.80 bits per heavy atom. The third-order valence-electron chi connectivity index (χ3n) is 8.34. The number of imidazole rings is 1. The van der Waals surface area contributed by atoms with Gasteiger partial charge in [0, 0.05) is 37.1 Å². The Labute approximate surface area is 264 Å². The maximum Gasteiger partial charge on any atom is 0.342 e. The molecule has 0 fully saturated rings. The first-order chi connectivity index (χ1) is 22.0. The van der Waals surface area contributed by atoms with E-state index in [0.717, 1.165) is 52.1 Å². The summed E-state index contributed by atoms with van der Waals surface area (Å²) in [5, 5.41) is 14.1. The highest BCUT2D eigenvalue weighted by Gasteiger charge is 2.29. The van der Waals surface area contributed by atoms with Crippen molar-refractivity contribution in [3.8, 4) is 34.3 Å². The molecule has 2 aliphatic heterocycles. The largest absolute Gasteiger partial charge is 0.493 e. The SMILES string of the molecule is COc1ccc2cc3[n+](cc2c1OCCN(CCn1cncc1[N+](=O)[O-])Cc1ccccc1Cl)CCc1cc2c(cc1-3)OCO2. The molecule has 0 radical (unpaired) electrons. The fourth-order valence-corrected chi connectivity index (χ4v) is 6.20. The van der Waals surface area contributed by atoms with E-state index in [1.165, 1.54) is 18.1 Å². The van der Waals surface area contributed by atoms with Crippen molar-refractivity contribution in [3.05, 3.63) is 99.6 Å². The average molecular weight is 629 g/mol. The van der Waals surface area contributed by atoms with Gasteiger partial charge in [0.15, 0.2) is 42.1 Å². The summed E-state index contributed by atoms with van der Waals surface area (Å²) in [7, 11) is 1.64. The number of ether oxygens (including phenoxy) is 4. The van der Waals surface area contributed by atoms with E-state index in [0.29, 0.717) is 49.3 Å². The molecule has 0 spiro atoms. The normalized spacial score (nSPS) is 13.1. The van der Waals surface area contributed by atoms with Gasteiger partial charge in [-0.1, -0.05) is 29.8 Å². The zero-order valence-corrected chi connectivity index (χ0v) is 25.4. The van der Waals surface area contributed by atoms with Crippen LogP contribution in [0.25, 0.3) is 22.0 Å². The molecular formula is C33H31ClN5O6+. The summed E-state index contributed by atoms with van der Waals surface area (Å²) in [5.74, 6) is 2.84. The van der Waals surface area contributed by atoms with E-state index in [-0.39, 0.29) is 12.6 Å². The monoisotopic (exact) mass is 628 g/mol. The molecule has 7 rings (SSSR count). The van der Waals surface area contributed by atoms with E-state index in [9.17, 15) is 10.1 Å². The highest BCUT2D eigenvalue weighted by Crippen LogP contribution is 2.41. The number of hydrogen-bond acceptors (Lipinski definition) is 8. The smallest absolute Gasteiger partial charge is 0.342 e. The lowest BCUT2D eigenvalue weighted by Crippen LogP contribution is -2.40. The molecule has 0 saturated heterocycles. The third kappa shape index (κ3) is 5.72. The van der Waals surface area contributed by atoms with Crippen molar-refractivity contribution < 1.29 is 28.4 Å². The van der Waals surface area contributed by atoms with Gasteiger partial charge in [0.2, 0.25) is 12.5 Å². The zero-order valence-electron chi connectivity index (χ0n) is 24.6. The Kier molecular flexibility index (Phi) is 7.86. The van der Waals surface area contributed by atoms with E-state index >= 15 is 0 Å². The molecule has 0 amide bonds. The second kappa shape index (κ2) is 12.3. The Bertz CT molecular complexity index is 1910. The molecular weight excluding hydrogens is 598 g/mol. The minimum atomic E-state index is -0.425. The highest BCUT2D eigenvalue weighted by molar-refractivity contribution is 6.31. The van der Waals surface area contributed by atoms with Crippen LogP contribution in [0, 0.1) is 10.1 Å². The Morgan fingerprint density at radius 2 is 1.98 bits per heavy atom. The van der Waals surface area contributed by atoms with Crippen molar-refractivity contribution in [2.75, 3.05) is 33.6 Å². The maximum absolute atomic E-state index is 11.4. The van der Waals surface area contributed by atoms with E-state index in [4.69, 9.17) is 30.5 Å². The zero-order chi connectivity index (χ0) is 30.9. The minimum Gasteiger partial charge on any atom is -0.493 e. The lowest BCUT2D eigenvalue weighted by Gasteiger charge is -2.23. The van der Waals surface area contributed by atoms with Gasteiger partial charge in [-0.25, -0.2) is 9.55 Å². The maximum atomic E-state index is 11.4. The van der Waals surface area contributed by atoms with Crippen molar-refractivity contribution in [2.45, 2.75) is 26.1 Å². The number of aromatic nitrogens is 3. The van der Waals surface area contributed by atoms with Gasteiger partial charge in [0.05, 0.1) is 18.1 Å². The molecule has 45 heavy (non-hydrogen) atoms. The van der Waals surface area contributed by atoms with Crippen LogP contribution >= 0.6 is 11.6 Å². The second-order valence-corrected chi connectivity index (χ2v) is 11.4.